The number of hydrogen-bond acceptors (Lipinski definition) is 4. The van der Waals surface area contributed by atoms with Crippen molar-refractivity contribution in [3.63, 3.8) is 0 Å². The van der Waals surface area contributed by atoms with Crippen molar-refractivity contribution in [2.45, 2.75) is 18.6 Å². The van der Waals surface area contributed by atoms with E-state index in [0.29, 0.717) is 18.0 Å². The van der Waals surface area contributed by atoms with Crippen LogP contribution in [-0.4, -0.2) is 30.9 Å². The molecule has 3 rings (SSSR count). The fourth-order valence-corrected chi connectivity index (χ4v) is 2.85. The number of ether oxygens (including phenoxy) is 2. The van der Waals surface area contributed by atoms with Gasteiger partial charge in [-0.05, 0) is 31.7 Å². The second kappa shape index (κ2) is 6.18. The molecule has 2 aromatic carbocycles. The predicted molar refractivity (Wildman–Crippen MR) is 85.3 cm³/mol. The highest BCUT2D eigenvalue weighted by molar-refractivity contribution is 5.41. The maximum Gasteiger partial charge on any atom is 0.160 e. The Kier molecular flexibility index (Phi) is 4.24. The maximum absolute atomic E-state index is 13.6. The summed E-state index contributed by atoms with van der Waals surface area (Å²) in [5, 5.41) is 14.0. The van der Waals surface area contributed by atoms with Gasteiger partial charge in [0.05, 0.1) is 0 Å². The van der Waals surface area contributed by atoms with Gasteiger partial charge in [0, 0.05) is 18.2 Å². The molecule has 2 atom stereocenters. The Labute approximate surface area is 134 Å². The van der Waals surface area contributed by atoms with Crippen LogP contribution in [0.4, 0.5) is 4.39 Å². The van der Waals surface area contributed by atoms with Crippen LogP contribution in [0.3, 0.4) is 0 Å². The Morgan fingerprint density at radius 2 is 2.13 bits per heavy atom. The molecule has 2 aromatic rings. The summed E-state index contributed by atoms with van der Waals surface area (Å²) in [6, 6.07) is 11.8. The van der Waals surface area contributed by atoms with Crippen molar-refractivity contribution in [2.24, 2.45) is 0 Å². The molecule has 23 heavy (non-hydrogen) atoms. The fourth-order valence-electron chi connectivity index (χ4n) is 2.85. The van der Waals surface area contributed by atoms with Crippen LogP contribution in [0.15, 0.2) is 42.5 Å². The summed E-state index contributed by atoms with van der Waals surface area (Å²) in [5.74, 6) is 0.719. The van der Waals surface area contributed by atoms with Crippen LogP contribution in [0.25, 0.3) is 0 Å². The van der Waals surface area contributed by atoms with E-state index in [9.17, 15) is 9.50 Å². The van der Waals surface area contributed by atoms with Gasteiger partial charge in [-0.15, -0.1) is 0 Å². The minimum absolute atomic E-state index is 0.101. The Bertz CT molecular complexity index is 706. The van der Waals surface area contributed by atoms with Crippen LogP contribution in [0.5, 0.6) is 11.5 Å². The first-order valence-electron chi connectivity index (χ1n) is 7.55. The minimum Gasteiger partial charge on any atom is -0.490 e. The van der Waals surface area contributed by atoms with Gasteiger partial charge in [-0.25, -0.2) is 4.39 Å². The summed E-state index contributed by atoms with van der Waals surface area (Å²) in [7, 11) is 1.75. The van der Waals surface area contributed by atoms with E-state index in [-0.39, 0.29) is 12.4 Å². The van der Waals surface area contributed by atoms with Crippen molar-refractivity contribution in [1.29, 1.82) is 0 Å². The van der Waals surface area contributed by atoms with E-state index in [2.05, 4.69) is 5.32 Å². The molecular formula is C18H20FNO3. The summed E-state index contributed by atoms with van der Waals surface area (Å²) < 4.78 is 25.3. The van der Waals surface area contributed by atoms with Crippen molar-refractivity contribution in [1.82, 2.24) is 5.32 Å². The third-order valence-corrected chi connectivity index (χ3v) is 4.05. The van der Waals surface area contributed by atoms with Crippen LogP contribution in [-0.2, 0) is 0 Å². The van der Waals surface area contributed by atoms with E-state index in [0.717, 1.165) is 11.1 Å². The van der Waals surface area contributed by atoms with Crippen LogP contribution in [0.1, 0.15) is 17.2 Å². The number of likely N-dealkylation sites (N-methyl/N-ethyl adjacent to an activating group) is 1. The number of hydrogen-bond donors (Lipinski definition) is 2. The van der Waals surface area contributed by atoms with Gasteiger partial charge in [0.25, 0.3) is 0 Å². The van der Waals surface area contributed by atoms with Gasteiger partial charge in [-0.3, -0.25) is 0 Å². The van der Waals surface area contributed by atoms with E-state index in [1.807, 2.05) is 31.2 Å². The van der Waals surface area contributed by atoms with Crippen molar-refractivity contribution in [3.8, 4) is 11.5 Å². The average molecular weight is 317 g/mol. The maximum atomic E-state index is 13.6. The van der Waals surface area contributed by atoms with Gasteiger partial charge in [-0.1, -0.05) is 24.3 Å². The molecule has 0 radical (unpaired) electrons. The lowest BCUT2D eigenvalue weighted by atomic mass is 9.88. The van der Waals surface area contributed by atoms with Gasteiger partial charge in [0.15, 0.2) is 11.7 Å². The second-order valence-electron chi connectivity index (χ2n) is 5.87. The van der Waals surface area contributed by atoms with E-state index in [1.54, 1.807) is 13.1 Å². The summed E-state index contributed by atoms with van der Waals surface area (Å²) in [6.45, 7) is 2.24. The van der Waals surface area contributed by atoms with Gasteiger partial charge >= 0.3 is 0 Å². The smallest absolute Gasteiger partial charge is 0.160 e. The van der Waals surface area contributed by atoms with Crippen molar-refractivity contribution >= 4 is 0 Å². The number of nitrogens with one attached hydrogen (secondary N) is 1. The summed E-state index contributed by atoms with van der Waals surface area (Å²) in [4.78, 5) is 0. The molecule has 1 aliphatic heterocycles. The predicted octanol–water partition coefficient (Wildman–Crippen LogP) is 2.60. The standard InChI is InChI=1S/C18H20FNO3/c1-12-7-8-13(19)9-16(12)23-17-14-5-3-4-6-15(14)22-11-18(17,21)10-20-2/h3-9,17,20-21H,10-11H2,1-2H3/t17-,18-/m1/s1. The number of halogens is 1. The molecule has 0 unspecified atom stereocenters. The number of para-hydroxylation sites is 1. The molecule has 0 aliphatic carbocycles. The molecule has 0 spiro atoms. The molecule has 0 saturated carbocycles. The first-order valence-corrected chi connectivity index (χ1v) is 7.55. The Morgan fingerprint density at radius 3 is 2.91 bits per heavy atom. The normalized spacial score (nSPS) is 23.0. The molecule has 2 N–H and O–H groups in total. The summed E-state index contributed by atoms with van der Waals surface area (Å²) in [6.07, 6.45) is -0.652. The molecule has 5 heteroatoms. The van der Waals surface area contributed by atoms with Gasteiger partial charge in [0.2, 0.25) is 0 Å². The molecule has 0 saturated heterocycles. The number of fused-ring (bicyclic) bond motifs is 1. The number of benzene rings is 2. The quantitative estimate of drug-likeness (QED) is 0.910. The highest BCUT2D eigenvalue weighted by Gasteiger charge is 2.45. The minimum atomic E-state index is -1.25. The zero-order valence-electron chi connectivity index (χ0n) is 13.2. The topological polar surface area (TPSA) is 50.7 Å². The van der Waals surface area contributed by atoms with Crippen LogP contribution >= 0.6 is 0 Å². The molecule has 0 amide bonds. The molecule has 0 fully saturated rings. The molecule has 122 valence electrons. The third kappa shape index (κ3) is 3.02. The summed E-state index contributed by atoms with van der Waals surface area (Å²) in [5.41, 5.74) is 0.310. The van der Waals surface area contributed by atoms with Gasteiger partial charge in [0.1, 0.15) is 23.9 Å². The number of aryl methyl sites for hydroxylation is 1. The van der Waals surface area contributed by atoms with E-state index >= 15 is 0 Å². The van der Waals surface area contributed by atoms with Crippen molar-refractivity contribution < 1.29 is 19.0 Å². The molecule has 1 aliphatic rings. The molecule has 0 bridgehead atoms. The van der Waals surface area contributed by atoms with E-state index < -0.39 is 11.7 Å². The Balaban J connectivity index is 2.02. The highest BCUT2D eigenvalue weighted by Crippen LogP contribution is 2.41. The lowest BCUT2D eigenvalue weighted by Crippen LogP contribution is -2.53. The molecule has 0 aromatic heterocycles. The monoisotopic (exact) mass is 317 g/mol. The lowest BCUT2D eigenvalue weighted by Gasteiger charge is -2.40. The van der Waals surface area contributed by atoms with Gasteiger partial charge < -0.3 is 19.9 Å². The van der Waals surface area contributed by atoms with E-state index in [4.69, 9.17) is 9.47 Å². The van der Waals surface area contributed by atoms with Crippen molar-refractivity contribution in [2.75, 3.05) is 20.2 Å². The molecule has 1 heterocycles. The molecular weight excluding hydrogens is 297 g/mol. The number of aliphatic hydroxyl groups is 1. The van der Waals surface area contributed by atoms with Crippen LogP contribution in [0.2, 0.25) is 0 Å². The third-order valence-electron chi connectivity index (χ3n) is 4.05. The van der Waals surface area contributed by atoms with E-state index in [1.165, 1.54) is 12.1 Å². The Hall–Kier alpha value is -2.11. The average Bonchev–Trinajstić information content (AvgIpc) is 2.54. The first-order chi connectivity index (χ1) is 11.0. The highest BCUT2D eigenvalue weighted by atomic mass is 19.1. The molecule has 4 nitrogen and oxygen atoms in total. The van der Waals surface area contributed by atoms with Crippen molar-refractivity contribution in [3.05, 3.63) is 59.4 Å². The Morgan fingerprint density at radius 1 is 1.35 bits per heavy atom. The summed E-state index contributed by atoms with van der Waals surface area (Å²) >= 11 is 0. The van der Waals surface area contributed by atoms with Gasteiger partial charge in [-0.2, -0.15) is 0 Å². The first kappa shape index (κ1) is 15.8. The zero-order chi connectivity index (χ0) is 16.4. The fraction of sp³-hybridized carbons (Fsp3) is 0.333. The zero-order valence-corrected chi connectivity index (χ0v) is 13.2. The van der Waals surface area contributed by atoms with Crippen LogP contribution in [0, 0.1) is 12.7 Å². The van der Waals surface area contributed by atoms with Crippen LogP contribution < -0.4 is 14.8 Å². The number of rotatable bonds is 4. The largest absolute Gasteiger partial charge is 0.490 e. The second-order valence-corrected chi connectivity index (χ2v) is 5.87. The lowest BCUT2D eigenvalue weighted by molar-refractivity contribution is -0.101. The SMILES string of the molecule is CNC[C@@]1(O)COc2ccccc2[C@H]1Oc1cc(F)ccc1C.